The number of hydrogen-bond acceptors (Lipinski definition) is 2. The Morgan fingerprint density at radius 1 is 1.28 bits per heavy atom. The molecule has 0 saturated heterocycles. The number of hydrogen-bond donors (Lipinski definition) is 1. The van der Waals surface area contributed by atoms with E-state index < -0.39 is 0 Å². The molecular formula is C14H16ClN3. The number of aromatic nitrogens is 2. The van der Waals surface area contributed by atoms with E-state index in [1.165, 1.54) is 0 Å². The van der Waals surface area contributed by atoms with Gasteiger partial charge in [-0.05, 0) is 26.0 Å². The van der Waals surface area contributed by atoms with Crippen LogP contribution in [-0.4, -0.2) is 16.1 Å². The highest BCUT2D eigenvalue weighted by Gasteiger charge is 2.29. The molecule has 94 valence electrons. The van der Waals surface area contributed by atoms with Crippen LogP contribution in [0.5, 0.6) is 0 Å². The minimum absolute atomic E-state index is 0.0665. The number of nitrogens with zero attached hydrogens (tertiary/aromatic N) is 2. The molecule has 1 aromatic carbocycles. The molecule has 0 fully saturated rings. The summed E-state index contributed by atoms with van der Waals surface area (Å²) in [7, 11) is 0. The fourth-order valence-electron chi connectivity index (χ4n) is 2.41. The third kappa shape index (κ3) is 1.93. The van der Waals surface area contributed by atoms with Gasteiger partial charge in [-0.25, -0.2) is 4.98 Å². The van der Waals surface area contributed by atoms with Crippen molar-refractivity contribution < 1.29 is 0 Å². The summed E-state index contributed by atoms with van der Waals surface area (Å²) in [5, 5.41) is 4.24. The van der Waals surface area contributed by atoms with Gasteiger partial charge in [0.05, 0.1) is 11.2 Å². The van der Waals surface area contributed by atoms with E-state index in [0.717, 1.165) is 35.2 Å². The maximum Gasteiger partial charge on any atom is 0.129 e. The second-order valence-electron chi connectivity index (χ2n) is 5.20. The topological polar surface area (TPSA) is 29.9 Å². The average molecular weight is 262 g/mol. The Balaban J connectivity index is 2.05. The summed E-state index contributed by atoms with van der Waals surface area (Å²) < 4.78 is 2.24. The van der Waals surface area contributed by atoms with Crippen molar-refractivity contribution in [3.63, 3.8) is 0 Å². The molecule has 0 bridgehead atoms. The highest BCUT2D eigenvalue weighted by molar-refractivity contribution is 6.30. The molecule has 1 aromatic heterocycles. The third-order valence-corrected chi connectivity index (χ3v) is 3.65. The molecule has 1 aliphatic heterocycles. The minimum atomic E-state index is -0.0665. The lowest BCUT2D eigenvalue weighted by atomic mass is 10.0. The lowest BCUT2D eigenvalue weighted by Crippen LogP contribution is -2.45. The Labute approximate surface area is 112 Å². The van der Waals surface area contributed by atoms with Crippen LogP contribution in [-0.2, 0) is 12.1 Å². The van der Waals surface area contributed by atoms with Gasteiger partial charge in [0.15, 0.2) is 0 Å². The highest BCUT2D eigenvalue weighted by atomic mass is 35.5. The van der Waals surface area contributed by atoms with Crippen molar-refractivity contribution in [3.8, 4) is 11.3 Å². The minimum Gasteiger partial charge on any atom is -0.331 e. The van der Waals surface area contributed by atoms with Gasteiger partial charge < -0.3 is 9.88 Å². The van der Waals surface area contributed by atoms with Crippen molar-refractivity contribution in [2.45, 2.75) is 25.9 Å². The first-order chi connectivity index (χ1) is 8.56. The van der Waals surface area contributed by atoms with E-state index in [1.807, 2.05) is 24.3 Å². The van der Waals surface area contributed by atoms with Crippen molar-refractivity contribution in [2.75, 3.05) is 6.54 Å². The molecule has 0 radical (unpaired) electrons. The molecule has 0 unspecified atom stereocenters. The highest BCUT2D eigenvalue weighted by Crippen LogP contribution is 2.27. The number of halogens is 1. The van der Waals surface area contributed by atoms with E-state index >= 15 is 0 Å². The van der Waals surface area contributed by atoms with Crippen LogP contribution in [0.1, 0.15) is 19.7 Å². The van der Waals surface area contributed by atoms with E-state index in [-0.39, 0.29) is 5.54 Å². The molecule has 3 nitrogen and oxygen atoms in total. The van der Waals surface area contributed by atoms with Crippen molar-refractivity contribution >= 4 is 11.6 Å². The van der Waals surface area contributed by atoms with E-state index in [9.17, 15) is 0 Å². The molecule has 2 heterocycles. The first-order valence-corrected chi connectivity index (χ1v) is 6.53. The van der Waals surface area contributed by atoms with Crippen molar-refractivity contribution in [1.29, 1.82) is 0 Å². The standard InChI is InChI=1S/C14H16ClN3/c1-14(2)13-17-12(9-18(13)8-7-16-14)10-3-5-11(15)6-4-10/h3-6,9,16H,7-8H2,1-2H3. The maximum absolute atomic E-state index is 5.91. The van der Waals surface area contributed by atoms with E-state index in [1.54, 1.807) is 0 Å². The summed E-state index contributed by atoms with van der Waals surface area (Å²) in [4.78, 5) is 4.76. The van der Waals surface area contributed by atoms with Crippen molar-refractivity contribution in [1.82, 2.24) is 14.9 Å². The van der Waals surface area contributed by atoms with Gasteiger partial charge in [-0.1, -0.05) is 23.7 Å². The zero-order valence-corrected chi connectivity index (χ0v) is 11.3. The number of fused-ring (bicyclic) bond motifs is 1. The summed E-state index contributed by atoms with van der Waals surface area (Å²) in [6.07, 6.45) is 2.13. The Morgan fingerprint density at radius 3 is 2.67 bits per heavy atom. The Bertz CT molecular complexity index is 569. The molecule has 0 atom stereocenters. The van der Waals surface area contributed by atoms with Gasteiger partial charge in [0.25, 0.3) is 0 Å². The van der Waals surface area contributed by atoms with Gasteiger partial charge in [-0.3, -0.25) is 0 Å². The van der Waals surface area contributed by atoms with Gasteiger partial charge in [0, 0.05) is 29.9 Å². The summed E-state index contributed by atoms with van der Waals surface area (Å²) in [6, 6.07) is 7.82. The fraction of sp³-hybridized carbons (Fsp3) is 0.357. The number of rotatable bonds is 1. The van der Waals surface area contributed by atoms with Gasteiger partial charge in [-0.2, -0.15) is 0 Å². The Morgan fingerprint density at radius 2 is 2.00 bits per heavy atom. The largest absolute Gasteiger partial charge is 0.331 e. The molecule has 0 amide bonds. The number of imidazole rings is 1. The van der Waals surface area contributed by atoms with Gasteiger partial charge in [0.1, 0.15) is 5.82 Å². The van der Waals surface area contributed by atoms with Crippen LogP contribution in [0.4, 0.5) is 0 Å². The molecule has 1 aliphatic rings. The van der Waals surface area contributed by atoms with Crippen LogP contribution >= 0.6 is 11.6 Å². The molecule has 0 spiro atoms. The van der Waals surface area contributed by atoms with E-state index in [2.05, 4.69) is 29.9 Å². The van der Waals surface area contributed by atoms with E-state index in [4.69, 9.17) is 16.6 Å². The van der Waals surface area contributed by atoms with Gasteiger partial charge >= 0.3 is 0 Å². The molecule has 4 heteroatoms. The normalized spacial score (nSPS) is 17.5. The molecular weight excluding hydrogens is 246 g/mol. The maximum atomic E-state index is 5.91. The van der Waals surface area contributed by atoms with Crippen LogP contribution in [0.25, 0.3) is 11.3 Å². The van der Waals surface area contributed by atoms with Crippen LogP contribution in [0, 0.1) is 0 Å². The second-order valence-corrected chi connectivity index (χ2v) is 5.64. The van der Waals surface area contributed by atoms with Crippen molar-refractivity contribution in [2.24, 2.45) is 0 Å². The number of nitrogens with one attached hydrogen (secondary N) is 1. The SMILES string of the molecule is CC1(C)NCCn2cc(-c3ccc(Cl)cc3)nc21. The Kier molecular flexibility index (Phi) is 2.68. The Hall–Kier alpha value is -1.32. The average Bonchev–Trinajstić information content (AvgIpc) is 2.75. The summed E-state index contributed by atoms with van der Waals surface area (Å²) >= 11 is 5.91. The van der Waals surface area contributed by atoms with Crippen LogP contribution < -0.4 is 5.32 Å². The lowest BCUT2D eigenvalue weighted by molar-refractivity contribution is 0.316. The predicted molar refractivity (Wildman–Crippen MR) is 73.7 cm³/mol. The molecule has 1 N–H and O–H groups in total. The zero-order chi connectivity index (χ0) is 12.8. The summed E-state index contributed by atoms with van der Waals surface area (Å²) in [5.41, 5.74) is 2.05. The smallest absolute Gasteiger partial charge is 0.129 e. The first kappa shape index (κ1) is 11.8. The van der Waals surface area contributed by atoms with Gasteiger partial charge in [-0.15, -0.1) is 0 Å². The fourth-order valence-corrected chi connectivity index (χ4v) is 2.54. The summed E-state index contributed by atoms with van der Waals surface area (Å²) in [6.45, 7) is 6.28. The van der Waals surface area contributed by atoms with Gasteiger partial charge in [0.2, 0.25) is 0 Å². The quantitative estimate of drug-likeness (QED) is 0.855. The van der Waals surface area contributed by atoms with Crippen molar-refractivity contribution in [3.05, 3.63) is 41.3 Å². The third-order valence-electron chi connectivity index (χ3n) is 3.40. The van der Waals surface area contributed by atoms with E-state index in [0.29, 0.717) is 0 Å². The van der Waals surface area contributed by atoms with Crippen LogP contribution in [0.3, 0.4) is 0 Å². The molecule has 3 rings (SSSR count). The summed E-state index contributed by atoms with van der Waals surface area (Å²) in [5.74, 6) is 1.10. The van der Waals surface area contributed by atoms with Crippen LogP contribution in [0.15, 0.2) is 30.5 Å². The monoisotopic (exact) mass is 261 g/mol. The molecule has 0 aliphatic carbocycles. The predicted octanol–water partition coefficient (Wildman–Crippen LogP) is 3.04. The molecule has 0 saturated carbocycles. The number of benzene rings is 1. The molecule has 18 heavy (non-hydrogen) atoms. The lowest BCUT2D eigenvalue weighted by Gasteiger charge is -2.31. The molecule has 2 aromatic rings. The first-order valence-electron chi connectivity index (χ1n) is 6.15. The zero-order valence-electron chi connectivity index (χ0n) is 10.6. The van der Waals surface area contributed by atoms with Crippen LogP contribution in [0.2, 0.25) is 5.02 Å². The second kappa shape index (κ2) is 4.11.